The molecule has 6 nitrogen and oxygen atoms in total. The first kappa shape index (κ1) is 64.6. The summed E-state index contributed by atoms with van der Waals surface area (Å²) in [5.41, 5.74) is 0. The van der Waals surface area contributed by atoms with E-state index in [0.717, 1.165) is 89.9 Å². The number of allylic oxidation sites excluding steroid dienone is 6. The molecule has 6 heteroatoms. The van der Waals surface area contributed by atoms with E-state index in [1.54, 1.807) is 0 Å². The van der Waals surface area contributed by atoms with Gasteiger partial charge in [0.25, 0.3) is 0 Å². The van der Waals surface area contributed by atoms with Crippen LogP contribution in [0.4, 0.5) is 0 Å². The van der Waals surface area contributed by atoms with E-state index in [4.69, 9.17) is 14.2 Å². The van der Waals surface area contributed by atoms with Crippen LogP contribution in [0.25, 0.3) is 0 Å². The molecule has 0 aliphatic carbocycles. The quantitative estimate of drug-likeness (QED) is 0.0262. The predicted molar refractivity (Wildman–Crippen MR) is 289 cm³/mol. The number of rotatable bonds is 54. The summed E-state index contributed by atoms with van der Waals surface area (Å²) >= 11 is 0. The second-order valence-electron chi connectivity index (χ2n) is 19.9. The van der Waals surface area contributed by atoms with Gasteiger partial charge in [0.2, 0.25) is 0 Å². The lowest BCUT2D eigenvalue weighted by atomic mass is 10.0. The van der Waals surface area contributed by atoms with Gasteiger partial charge in [-0.25, -0.2) is 0 Å². The Bertz CT molecular complexity index is 1130. The van der Waals surface area contributed by atoms with E-state index < -0.39 is 6.10 Å². The van der Waals surface area contributed by atoms with Gasteiger partial charge in [0.1, 0.15) is 13.2 Å². The average molecular weight is 942 g/mol. The molecule has 0 saturated heterocycles. The number of hydrogen-bond donors (Lipinski definition) is 0. The van der Waals surface area contributed by atoms with Gasteiger partial charge in [-0.1, -0.05) is 263 Å². The van der Waals surface area contributed by atoms with Crippen molar-refractivity contribution >= 4 is 17.9 Å². The van der Waals surface area contributed by atoms with Crippen molar-refractivity contribution in [3.63, 3.8) is 0 Å². The maximum atomic E-state index is 12.9. The van der Waals surface area contributed by atoms with E-state index in [1.807, 2.05) is 0 Å². The van der Waals surface area contributed by atoms with Crippen molar-refractivity contribution in [3.05, 3.63) is 36.5 Å². The van der Waals surface area contributed by atoms with Crippen LogP contribution < -0.4 is 0 Å². The Kier molecular flexibility index (Phi) is 54.2. The normalized spacial score (nSPS) is 12.2. The maximum absolute atomic E-state index is 12.9. The van der Waals surface area contributed by atoms with Crippen LogP contribution in [0, 0.1) is 0 Å². The molecular weight excluding hydrogens is 829 g/mol. The van der Waals surface area contributed by atoms with Gasteiger partial charge in [-0.15, -0.1) is 0 Å². The van der Waals surface area contributed by atoms with Crippen LogP contribution in [0.2, 0.25) is 0 Å². The van der Waals surface area contributed by atoms with Crippen molar-refractivity contribution in [2.45, 2.75) is 322 Å². The molecule has 0 saturated carbocycles. The lowest BCUT2D eigenvalue weighted by Gasteiger charge is -2.18. The van der Waals surface area contributed by atoms with Crippen LogP contribution in [-0.4, -0.2) is 37.2 Å². The number of carbonyl (C=O) groups excluding carboxylic acids is 3. The predicted octanol–water partition coefficient (Wildman–Crippen LogP) is 19.7. The number of esters is 3. The van der Waals surface area contributed by atoms with Crippen LogP contribution in [0.3, 0.4) is 0 Å². The monoisotopic (exact) mass is 941 g/mol. The molecule has 0 rings (SSSR count). The minimum absolute atomic E-state index is 0.0764. The smallest absolute Gasteiger partial charge is 0.306 e. The highest BCUT2D eigenvalue weighted by atomic mass is 16.6. The summed E-state index contributed by atoms with van der Waals surface area (Å²) in [6.45, 7) is 6.56. The summed E-state index contributed by atoms with van der Waals surface area (Å²) in [6, 6.07) is 0. The van der Waals surface area contributed by atoms with Gasteiger partial charge >= 0.3 is 17.9 Å². The third-order valence-electron chi connectivity index (χ3n) is 13.1. The third kappa shape index (κ3) is 54.4. The molecule has 1 unspecified atom stereocenters. The molecular formula is C61H112O6. The Morgan fingerprint density at radius 1 is 0.313 bits per heavy atom. The fourth-order valence-corrected chi connectivity index (χ4v) is 8.71. The molecule has 0 heterocycles. The summed E-state index contributed by atoms with van der Waals surface area (Å²) in [7, 11) is 0. The van der Waals surface area contributed by atoms with Gasteiger partial charge in [-0.3, -0.25) is 14.4 Å². The number of ether oxygens (including phenoxy) is 3. The molecule has 0 aliphatic heterocycles. The Morgan fingerprint density at radius 3 is 0.910 bits per heavy atom. The van der Waals surface area contributed by atoms with Crippen molar-refractivity contribution < 1.29 is 28.6 Å². The largest absolute Gasteiger partial charge is 0.462 e. The molecule has 0 aromatic heterocycles. The van der Waals surface area contributed by atoms with Crippen LogP contribution in [0.15, 0.2) is 36.5 Å². The highest BCUT2D eigenvalue weighted by Gasteiger charge is 2.19. The molecule has 0 radical (unpaired) electrons. The first-order valence-electron chi connectivity index (χ1n) is 29.5. The average Bonchev–Trinajstić information content (AvgIpc) is 3.33. The fraction of sp³-hybridized carbons (Fsp3) is 0.852. The third-order valence-corrected chi connectivity index (χ3v) is 13.1. The van der Waals surface area contributed by atoms with Crippen LogP contribution in [-0.2, 0) is 28.6 Å². The van der Waals surface area contributed by atoms with E-state index in [1.165, 1.54) is 186 Å². The first-order valence-corrected chi connectivity index (χ1v) is 29.5. The summed E-state index contributed by atoms with van der Waals surface area (Å²) in [6.07, 6.45) is 67.2. The Balaban J connectivity index is 4.31. The Morgan fingerprint density at radius 2 is 0.582 bits per heavy atom. The van der Waals surface area contributed by atoms with E-state index >= 15 is 0 Å². The molecule has 0 fully saturated rings. The van der Waals surface area contributed by atoms with Crippen LogP contribution in [0.5, 0.6) is 0 Å². The zero-order valence-corrected chi connectivity index (χ0v) is 44.9. The summed E-state index contributed by atoms with van der Waals surface area (Å²) < 4.78 is 16.9. The molecule has 0 aromatic carbocycles. The maximum Gasteiger partial charge on any atom is 0.306 e. The zero-order chi connectivity index (χ0) is 48.6. The van der Waals surface area contributed by atoms with Gasteiger partial charge in [0, 0.05) is 19.3 Å². The molecule has 1 atom stereocenters. The fourth-order valence-electron chi connectivity index (χ4n) is 8.71. The first-order chi connectivity index (χ1) is 33.0. The van der Waals surface area contributed by atoms with Gasteiger partial charge in [-0.05, 0) is 70.6 Å². The van der Waals surface area contributed by atoms with E-state index in [-0.39, 0.29) is 31.1 Å². The van der Waals surface area contributed by atoms with Gasteiger partial charge in [0.15, 0.2) is 6.10 Å². The van der Waals surface area contributed by atoms with Crippen LogP contribution >= 0.6 is 0 Å². The highest BCUT2D eigenvalue weighted by Crippen LogP contribution is 2.17. The van der Waals surface area contributed by atoms with Crippen molar-refractivity contribution in [2.75, 3.05) is 13.2 Å². The van der Waals surface area contributed by atoms with Crippen molar-refractivity contribution in [1.29, 1.82) is 0 Å². The molecule has 0 amide bonds. The lowest BCUT2D eigenvalue weighted by molar-refractivity contribution is -0.167. The molecule has 0 aromatic rings. The van der Waals surface area contributed by atoms with E-state index in [9.17, 15) is 14.4 Å². The van der Waals surface area contributed by atoms with Crippen molar-refractivity contribution in [2.24, 2.45) is 0 Å². The number of unbranched alkanes of at least 4 members (excludes halogenated alkanes) is 37. The van der Waals surface area contributed by atoms with Crippen molar-refractivity contribution in [1.82, 2.24) is 0 Å². The second-order valence-corrected chi connectivity index (χ2v) is 19.9. The highest BCUT2D eigenvalue weighted by molar-refractivity contribution is 5.71. The summed E-state index contributed by atoms with van der Waals surface area (Å²) in [5.74, 6) is -0.882. The van der Waals surface area contributed by atoms with E-state index in [2.05, 4.69) is 57.2 Å². The molecule has 0 N–H and O–H groups in total. The molecule has 0 spiro atoms. The lowest BCUT2D eigenvalue weighted by Crippen LogP contribution is -2.30. The second kappa shape index (κ2) is 56.2. The van der Waals surface area contributed by atoms with Crippen molar-refractivity contribution in [3.8, 4) is 0 Å². The molecule has 0 aliphatic rings. The van der Waals surface area contributed by atoms with Crippen LogP contribution in [0.1, 0.15) is 316 Å². The van der Waals surface area contributed by atoms with Gasteiger partial charge in [-0.2, -0.15) is 0 Å². The Hall–Kier alpha value is -2.37. The van der Waals surface area contributed by atoms with E-state index in [0.29, 0.717) is 19.3 Å². The minimum atomic E-state index is -0.779. The standard InChI is InChI=1S/C61H112O6/c1-4-7-10-13-16-19-22-25-27-29-31-33-34-36-39-42-45-48-51-54-60(63)66-57-58(56-65-59(62)53-50-47-44-41-38-24-21-18-15-12-9-6-3)67-61(64)55-52-49-46-43-40-37-35-32-30-28-26-23-20-17-14-11-8-5-2/h9,12,18,21,32,35,58H,4-8,10-11,13-17,19-20,22-31,33-34,36-57H2,1-3H3/b12-9-,21-18-,35-32-. The summed E-state index contributed by atoms with van der Waals surface area (Å²) in [4.78, 5) is 38.1. The number of carbonyl (C=O) groups is 3. The van der Waals surface area contributed by atoms with Gasteiger partial charge in [0.05, 0.1) is 0 Å². The minimum Gasteiger partial charge on any atom is -0.462 e. The Labute approximate surface area is 416 Å². The molecule has 67 heavy (non-hydrogen) atoms. The zero-order valence-electron chi connectivity index (χ0n) is 44.9. The summed E-state index contributed by atoms with van der Waals surface area (Å²) in [5, 5.41) is 0. The SMILES string of the molecule is CC/C=C\C/C=C\CCCCCCCC(=O)OCC(COC(=O)CCCCCCCCCCCCCCCCCCCCC)OC(=O)CCCCCCC/C=C\CCCCCCCCCCC. The molecule has 392 valence electrons. The van der Waals surface area contributed by atoms with Gasteiger partial charge < -0.3 is 14.2 Å². The molecule has 0 bridgehead atoms. The topological polar surface area (TPSA) is 78.9 Å². The number of hydrogen-bond acceptors (Lipinski definition) is 6.